The van der Waals surface area contributed by atoms with Crippen LogP contribution in [0.1, 0.15) is 35.0 Å². The third-order valence-corrected chi connectivity index (χ3v) is 6.53. The van der Waals surface area contributed by atoms with E-state index < -0.39 is 9.84 Å². The van der Waals surface area contributed by atoms with E-state index in [0.29, 0.717) is 18.7 Å². The zero-order valence-corrected chi connectivity index (χ0v) is 16.7. The maximum atomic E-state index is 12.6. The van der Waals surface area contributed by atoms with Gasteiger partial charge in [-0.3, -0.25) is 9.78 Å². The van der Waals surface area contributed by atoms with Crippen LogP contribution >= 0.6 is 0 Å². The molecule has 1 aliphatic heterocycles. The summed E-state index contributed by atoms with van der Waals surface area (Å²) in [5.41, 5.74) is 4.02. The SMILES string of the molecule is CCN(c1ccnc(C(=O)Nc2cc(C)cc(C)c2)c1)C1CCS(=O)(=O)C1. The monoisotopic (exact) mass is 387 g/mol. The molecule has 1 unspecified atom stereocenters. The molecule has 6 nitrogen and oxygen atoms in total. The van der Waals surface area contributed by atoms with Crippen LogP contribution in [0.25, 0.3) is 0 Å². The van der Waals surface area contributed by atoms with Crippen LogP contribution in [-0.2, 0) is 9.84 Å². The first-order valence-electron chi connectivity index (χ1n) is 9.10. The van der Waals surface area contributed by atoms with Crippen LogP contribution in [0.5, 0.6) is 0 Å². The second-order valence-electron chi connectivity index (χ2n) is 7.07. The van der Waals surface area contributed by atoms with Crippen LogP contribution in [-0.4, -0.2) is 43.4 Å². The number of aryl methyl sites for hydroxylation is 2. The first-order chi connectivity index (χ1) is 12.8. The Morgan fingerprint density at radius 1 is 1.22 bits per heavy atom. The van der Waals surface area contributed by atoms with Crippen molar-refractivity contribution in [1.82, 2.24) is 4.98 Å². The molecule has 27 heavy (non-hydrogen) atoms. The van der Waals surface area contributed by atoms with Crippen molar-refractivity contribution in [3.05, 3.63) is 53.3 Å². The van der Waals surface area contributed by atoms with Crippen LogP contribution < -0.4 is 10.2 Å². The van der Waals surface area contributed by atoms with E-state index in [1.165, 1.54) is 0 Å². The van der Waals surface area contributed by atoms with Crippen LogP contribution in [0.2, 0.25) is 0 Å². The summed E-state index contributed by atoms with van der Waals surface area (Å²) < 4.78 is 23.6. The van der Waals surface area contributed by atoms with Crippen LogP contribution in [0.3, 0.4) is 0 Å². The minimum absolute atomic E-state index is 0.0577. The molecule has 2 heterocycles. The van der Waals surface area contributed by atoms with E-state index in [1.54, 1.807) is 12.3 Å². The summed E-state index contributed by atoms with van der Waals surface area (Å²) >= 11 is 0. The summed E-state index contributed by atoms with van der Waals surface area (Å²) in [6, 6.07) is 9.36. The summed E-state index contributed by atoms with van der Waals surface area (Å²) in [4.78, 5) is 18.9. The molecule has 1 amide bonds. The van der Waals surface area contributed by atoms with Gasteiger partial charge in [0.25, 0.3) is 5.91 Å². The number of aromatic nitrogens is 1. The van der Waals surface area contributed by atoms with Crippen molar-refractivity contribution in [2.24, 2.45) is 0 Å². The Morgan fingerprint density at radius 2 is 1.93 bits per heavy atom. The Morgan fingerprint density at radius 3 is 2.52 bits per heavy atom. The van der Waals surface area contributed by atoms with Crippen molar-refractivity contribution in [2.75, 3.05) is 28.3 Å². The largest absolute Gasteiger partial charge is 0.368 e. The maximum absolute atomic E-state index is 12.6. The van der Waals surface area contributed by atoms with Crippen molar-refractivity contribution >= 4 is 27.1 Å². The van der Waals surface area contributed by atoms with Crippen molar-refractivity contribution in [1.29, 1.82) is 0 Å². The molecule has 144 valence electrons. The Labute approximate surface area is 160 Å². The normalized spacial score (nSPS) is 18.3. The molecule has 0 saturated carbocycles. The van der Waals surface area contributed by atoms with Gasteiger partial charge in [-0.25, -0.2) is 8.42 Å². The smallest absolute Gasteiger partial charge is 0.274 e. The lowest BCUT2D eigenvalue weighted by atomic mass is 10.1. The number of carbonyl (C=O) groups is 1. The number of benzene rings is 1. The standard InChI is InChI=1S/C20H25N3O3S/c1-4-23(18-6-8-27(25,26)13-18)17-5-7-21-19(12-17)20(24)22-16-10-14(2)9-15(3)11-16/h5,7,9-12,18H,4,6,8,13H2,1-3H3,(H,22,24). The van der Waals surface area contributed by atoms with Gasteiger partial charge >= 0.3 is 0 Å². The molecule has 3 rings (SSSR count). The van der Waals surface area contributed by atoms with E-state index in [-0.39, 0.29) is 23.5 Å². The number of anilines is 2. The molecule has 0 radical (unpaired) electrons. The van der Waals surface area contributed by atoms with Crippen molar-refractivity contribution in [3.63, 3.8) is 0 Å². The highest BCUT2D eigenvalue weighted by Crippen LogP contribution is 2.25. The first-order valence-corrected chi connectivity index (χ1v) is 10.9. The molecule has 1 aromatic carbocycles. The summed E-state index contributed by atoms with van der Waals surface area (Å²) in [5, 5.41) is 2.89. The van der Waals surface area contributed by atoms with E-state index in [9.17, 15) is 13.2 Å². The molecule has 1 aromatic heterocycles. The molecular weight excluding hydrogens is 362 g/mol. The highest BCUT2D eigenvalue weighted by atomic mass is 32.2. The van der Waals surface area contributed by atoms with Crippen LogP contribution in [0.4, 0.5) is 11.4 Å². The number of carbonyl (C=O) groups excluding carboxylic acids is 1. The zero-order chi connectivity index (χ0) is 19.6. The van der Waals surface area contributed by atoms with E-state index in [2.05, 4.69) is 10.3 Å². The highest BCUT2D eigenvalue weighted by molar-refractivity contribution is 7.91. The highest BCUT2D eigenvalue weighted by Gasteiger charge is 2.32. The lowest BCUT2D eigenvalue weighted by Gasteiger charge is -2.29. The van der Waals surface area contributed by atoms with Gasteiger partial charge in [-0.1, -0.05) is 6.07 Å². The summed E-state index contributed by atoms with van der Waals surface area (Å²) in [7, 11) is -2.97. The first kappa shape index (κ1) is 19.4. The number of amides is 1. The fourth-order valence-electron chi connectivity index (χ4n) is 3.64. The summed E-state index contributed by atoms with van der Waals surface area (Å²) in [5.74, 6) is 0.101. The molecule has 1 N–H and O–H groups in total. The molecule has 0 bridgehead atoms. The van der Waals surface area contributed by atoms with Crippen LogP contribution in [0, 0.1) is 13.8 Å². The third-order valence-electron chi connectivity index (χ3n) is 4.78. The third kappa shape index (κ3) is 4.66. The number of sulfone groups is 1. The Hall–Kier alpha value is -2.41. The zero-order valence-electron chi connectivity index (χ0n) is 15.9. The van der Waals surface area contributed by atoms with Gasteiger partial charge in [0, 0.05) is 30.2 Å². The molecule has 1 atom stereocenters. The predicted octanol–water partition coefficient (Wildman–Crippen LogP) is 2.96. The number of hydrogen-bond acceptors (Lipinski definition) is 5. The van der Waals surface area contributed by atoms with E-state index in [4.69, 9.17) is 0 Å². The summed E-state index contributed by atoms with van der Waals surface area (Å²) in [6.45, 7) is 6.62. The van der Waals surface area contributed by atoms with E-state index in [1.807, 2.05) is 49.9 Å². The quantitative estimate of drug-likeness (QED) is 0.853. The van der Waals surface area contributed by atoms with Gasteiger partial charge in [0.2, 0.25) is 0 Å². The number of rotatable bonds is 5. The van der Waals surface area contributed by atoms with Crippen molar-refractivity contribution in [2.45, 2.75) is 33.2 Å². The Bertz CT molecular complexity index is 936. The Balaban J connectivity index is 1.80. The minimum Gasteiger partial charge on any atom is -0.368 e. The molecule has 1 fully saturated rings. The van der Waals surface area contributed by atoms with Gasteiger partial charge in [-0.15, -0.1) is 0 Å². The number of pyridine rings is 1. The lowest BCUT2D eigenvalue weighted by Crippen LogP contribution is -2.36. The molecular formula is C20H25N3O3S. The molecule has 2 aromatic rings. The molecule has 1 saturated heterocycles. The molecule has 7 heteroatoms. The van der Waals surface area contributed by atoms with E-state index >= 15 is 0 Å². The van der Waals surface area contributed by atoms with Gasteiger partial charge in [0.05, 0.1) is 11.5 Å². The van der Waals surface area contributed by atoms with Gasteiger partial charge in [0.1, 0.15) is 5.69 Å². The Kier molecular flexibility index (Phi) is 5.51. The lowest BCUT2D eigenvalue weighted by molar-refractivity contribution is 0.102. The van der Waals surface area contributed by atoms with Gasteiger partial charge < -0.3 is 10.2 Å². The predicted molar refractivity (Wildman–Crippen MR) is 108 cm³/mol. The van der Waals surface area contributed by atoms with Gasteiger partial charge in [0.15, 0.2) is 9.84 Å². The average molecular weight is 388 g/mol. The van der Waals surface area contributed by atoms with Crippen molar-refractivity contribution < 1.29 is 13.2 Å². The number of nitrogens with one attached hydrogen (secondary N) is 1. The maximum Gasteiger partial charge on any atom is 0.274 e. The average Bonchev–Trinajstić information content (AvgIpc) is 2.94. The van der Waals surface area contributed by atoms with E-state index in [0.717, 1.165) is 22.5 Å². The topological polar surface area (TPSA) is 79.4 Å². The minimum atomic E-state index is -2.97. The molecule has 1 aliphatic rings. The molecule has 0 spiro atoms. The number of hydrogen-bond donors (Lipinski definition) is 1. The van der Waals surface area contributed by atoms with Crippen LogP contribution in [0.15, 0.2) is 36.5 Å². The fraction of sp³-hybridized carbons (Fsp3) is 0.400. The summed E-state index contributed by atoms with van der Waals surface area (Å²) in [6.07, 6.45) is 2.21. The molecule has 0 aliphatic carbocycles. The van der Waals surface area contributed by atoms with Gasteiger partial charge in [-0.2, -0.15) is 0 Å². The second-order valence-corrected chi connectivity index (χ2v) is 9.30. The number of nitrogens with zero attached hydrogens (tertiary/aromatic N) is 2. The van der Waals surface area contributed by atoms with Crippen molar-refractivity contribution in [3.8, 4) is 0 Å². The van der Waals surface area contributed by atoms with Gasteiger partial charge in [-0.05, 0) is 62.6 Å². The second kappa shape index (κ2) is 7.68. The fourth-order valence-corrected chi connectivity index (χ4v) is 5.37.